The van der Waals surface area contributed by atoms with Gasteiger partial charge >= 0.3 is 0 Å². The summed E-state index contributed by atoms with van der Waals surface area (Å²) >= 11 is 3.78. The number of anilines is 3. The van der Waals surface area contributed by atoms with Crippen molar-refractivity contribution >= 4 is 83.9 Å². The maximum atomic E-state index is 2.53. The van der Waals surface area contributed by atoms with Gasteiger partial charge in [-0.3, -0.25) is 0 Å². The van der Waals surface area contributed by atoms with Gasteiger partial charge in [0.05, 0.1) is 16.7 Å². The molecule has 10 rings (SSSR count). The van der Waals surface area contributed by atoms with Crippen LogP contribution < -0.4 is 4.90 Å². The molecule has 48 heavy (non-hydrogen) atoms. The van der Waals surface area contributed by atoms with E-state index in [0.717, 1.165) is 17.1 Å². The summed E-state index contributed by atoms with van der Waals surface area (Å²) in [6, 6.07) is 61.8. The molecule has 0 atom stereocenters. The summed E-state index contributed by atoms with van der Waals surface area (Å²) in [5.41, 5.74) is 7.05. The largest absolute Gasteiger partial charge is 0.310 e. The third-order valence-electron chi connectivity index (χ3n) is 9.37. The number of para-hydroxylation sites is 2. The van der Waals surface area contributed by atoms with Crippen molar-refractivity contribution < 1.29 is 0 Å². The van der Waals surface area contributed by atoms with E-state index in [1.807, 2.05) is 23.5 Å². The minimum atomic E-state index is 1.13. The molecular weight excluding hydrogens is 621 g/mol. The lowest BCUT2D eigenvalue weighted by atomic mass is 10.0. The van der Waals surface area contributed by atoms with Crippen LogP contribution in [0, 0.1) is 0 Å². The van der Waals surface area contributed by atoms with Crippen molar-refractivity contribution in [2.24, 2.45) is 0 Å². The molecule has 1 aromatic heterocycles. The fourth-order valence-corrected chi connectivity index (χ4v) is 9.69. The van der Waals surface area contributed by atoms with E-state index in [4.69, 9.17) is 0 Å². The van der Waals surface area contributed by atoms with Crippen LogP contribution in [0.1, 0.15) is 0 Å². The molecule has 0 amide bonds. The van der Waals surface area contributed by atoms with Crippen LogP contribution in [0.4, 0.5) is 17.1 Å². The van der Waals surface area contributed by atoms with Crippen molar-refractivity contribution in [3.8, 4) is 5.69 Å². The molecule has 2 nitrogen and oxygen atoms in total. The van der Waals surface area contributed by atoms with Crippen LogP contribution in [0.5, 0.6) is 0 Å². The Labute approximate surface area is 287 Å². The van der Waals surface area contributed by atoms with Gasteiger partial charge in [0, 0.05) is 58.2 Å². The monoisotopic (exact) mass is 648 g/mol. The molecule has 0 N–H and O–H groups in total. The maximum Gasteiger partial charge on any atom is 0.0618 e. The van der Waals surface area contributed by atoms with Crippen LogP contribution >= 0.6 is 23.5 Å². The van der Waals surface area contributed by atoms with Crippen molar-refractivity contribution in [3.05, 3.63) is 170 Å². The first-order valence-corrected chi connectivity index (χ1v) is 17.8. The van der Waals surface area contributed by atoms with Crippen molar-refractivity contribution in [1.82, 2.24) is 4.57 Å². The zero-order valence-electron chi connectivity index (χ0n) is 25.9. The average Bonchev–Trinajstić information content (AvgIpc) is 3.47. The summed E-state index contributed by atoms with van der Waals surface area (Å²) in [4.78, 5) is 7.63. The maximum absolute atomic E-state index is 2.53. The second kappa shape index (κ2) is 11.1. The SMILES string of the molecule is c1ccc(N(c2ccccc2)c2ccc3c(c2)c2c4c(ccc2n3-c2c3ccccc3cc3ccccc23)Sc2ccccc2S4)cc1. The number of hydrogen-bond donors (Lipinski definition) is 0. The predicted octanol–water partition coefficient (Wildman–Crippen LogP) is 13.2. The standard InChI is InChI=1S/C44H28N2S2/c1-3-15-31(16-4-1)45(32-17-5-2-6-18-32)33-23-24-37-36(28-33)42-38(25-26-41-44(42)48-40-22-12-11-21-39(40)47-41)46(37)43-34-19-9-7-13-29(34)27-30-14-8-10-20-35(30)43/h1-28H. The first kappa shape index (κ1) is 27.7. The Bertz CT molecular complexity index is 2590. The van der Waals surface area contributed by atoms with Gasteiger partial charge in [0.1, 0.15) is 0 Å². The van der Waals surface area contributed by atoms with E-state index >= 15 is 0 Å². The average molecular weight is 649 g/mol. The van der Waals surface area contributed by atoms with Crippen molar-refractivity contribution in [1.29, 1.82) is 0 Å². The van der Waals surface area contributed by atoms with Gasteiger partial charge in [-0.25, -0.2) is 0 Å². The molecular formula is C44H28N2S2. The summed E-state index contributed by atoms with van der Waals surface area (Å²) in [5.74, 6) is 0. The van der Waals surface area contributed by atoms with Gasteiger partial charge in [-0.1, -0.05) is 121 Å². The number of benzene rings is 8. The topological polar surface area (TPSA) is 8.17 Å². The summed E-state index contributed by atoms with van der Waals surface area (Å²) < 4.78 is 2.53. The molecule has 0 radical (unpaired) electrons. The van der Waals surface area contributed by atoms with Crippen molar-refractivity contribution in [2.45, 2.75) is 19.6 Å². The normalized spacial score (nSPS) is 12.4. The van der Waals surface area contributed by atoms with Crippen LogP contribution in [0.3, 0.4) is 0 Å². The third-order valence-corrected chi connectivity index (χ3v) is 12.0. The molecule has 0 saturated heterocycles. The third kappa shape index (κ3) is 4.30. The predicted molar refractivity (Wildman–Crippen MR) is 205 cm³/mol. The minimum absolute atomic E-state index is 1.13. The lowest BCUT2D eigenvalue weighted by Gasteiger charge is -2.25. The molecule has 8 aromatic carbocycles. The highest BCUT2D eigenvalue weighted by atomic mass is 32.2. The quantitative estimate of drug-likeness (QED) is 0.176. The second-order valence-electron chi connectivity index (χ2n) is 12.1. The molecule has 4 heteroatoms. The van der Waals surface area contributed by atoms with E-state index in [0.29, 0.717) is 0 Å². The first-order valence-electron chi connectivity index (χ1n) is 16.2. The molecule has 1 aliphatic rings. The molecule has 0 spiro atoms. The smallest absolute Gasteiger partial charge is 0.0618 e. The molecule has 2 heterocycles. The fraction of sp³-hybridized carbons (Fsp3) is 0. The van der Waals surface area contributed by atoms with Gasteiger partial charge in [0.15, 0.2) is 0 Å². The highest BCUT2D eigenvalue weighted by Gasteiger charge is 2.25. The van der Waals surface area contributed by atoms with Gasteiger partial charge in [-0.15, -0.1) is 0 Å². The van der Waals surface area contributed by atoms with E-state index in [9.17, 15) is 0 Å². The van der Waals surface area contributed by atoms with Crippen LogP contribution in [-0.4, -0.2) is 4.57 Å². The highest BCUT2D eigenvalue weighted by molar-refractivity contribution is 8.05. The molecule has 0 fully saturated rings. The summed E-state index contributed by atoms with van der Waals surface area (Å²) in [7, 11) is 0. The van der Waals surface area contributed by atoms with Gasteiger partial charge in [0.2, 0.25) is 0 Å². The van der Waals surface area contributed by atoms with Gasteiger partial charge in [0.25, 0.3) is 0 Å². The van der Waals surface area contributed by atoms with Crippen molar-refractivity contribution in [3.63, 3.8) is 0 Å². The molecule has 1 aliphatic heterocycles. The van der Waals surface area contributed by atoms with E-state index in [2.05, 4.69) is 179 Å². The molecule has 9 aromatic rings. The number of aromatic nitrogens is 1. The Kier molecular flexibility index (Phi) is 6.39. The lowest BCUT2D eigenvalue weighted by Crippen LogP contribution is -2.09. The molecule has 0 unspecified atom stereocenters. The Hall–Kier alpha value is -5.42. The highest BCUT2D eigenvalue weighted by Crippen LogP contribution is 2.53. The summed E-state index contributed by atoms with van der Waals surface area (Å²) in [6.07, 6.45) is 0. The van der Waals surface area contributed by atoms with E-state index < -0.39 is 0 Å². The van der Waals surface area contributed by atoms with E-state index in [1.54, 1.807) is 0 Å². The first-order chi connectivity index (χ1) is 23.8. The Morgan fingerprint density at radius 1 is 0.396 bits per heavy atom. The van der Waals surface area contributed by atoms with Crippen LogP contribution in [0.2, 0.25) is 0 Å². The van der Waals surface area contributed by atoms with Gasteiger partial charge in [-0.2, -0.15) is 0 Å². The van der Waals surface area contributed by atoms with Crippen LogP contribution in [0.25, 0.3) is 49.0 Å². The molecule has 226 valence electrons. The van der Waals surface area contributed by atoms with Crippen LogP contribution in [0.15, 0.2) is 189 Å². The summed E-state index contributed by atoms with van der Waals surface area (Å²) in [6.45, 7) is 0. The zero-order valence-corrected chi connectivity index (χ0v) is 27.5. The minimum Gasteiger partial charge on any atom is -0.310 e. The number of hydrogen-bond acceptors (Lipinski definition) is 3. The number of fused-ring (bicyclic) bond motifs is 8. The van der Waals surface area contributed by atoms with E-state index in [-0.39, 0.29) is 0 Å². The fourth-order valence-electron chi connectivity index (χ4n) is 7.29. The molecule has 0 bridgehead atoms. The Morgan fingerprint density at radius 3 is 1.62 bits per heavy atom. The van der Waals surface area contributed by atoms with Crippen molar-refractivity contribution in [2.75, 3.05) is 4.90 Å². The number of nitrogens with zero attached hydrogens (tertiary/aromatic N) is 2. The van der Waals surface area contributed by atoms with Crippen LogP contribution in [-0.2, 0) is 0 Å². The zero-order chi connectivity index (χ0) is 31.6. The summed E-state index contributed by atoms with van der Waals surface area (Å²) in [5, 5.41) is 7.54. The van der Waals surface area contributed by atoms with Gasteiger partial charge in [-0.05, 0) is 83.6 Å². The number of rotatable bonds is 4. The Balaban J connectivity index is 1.33. The lowest BCUT2D eigenvalue weighted by molar-refractivity contribution is 1.17. The van der Waals surface area contributed by atoms with E-state index in [1.165, 1.54) is 68.6 Å². The Morgan fingerprint density at radius 2 is 0.958 bits per heavy atom. The molecule has 0 aliphatic carbocycles. The molecule has 0 saturated carbocycles. The second-order valence-corrected chi connectivity index (χ2v) is 14.3. The van der Waals surface area contributed by atoms with Gasteiger partial charge < -0.3 is 9.47 Å².